The molecule has 0 aromatic heterocycles. The molecule has 0 bridgehead atoms. The van der Waals surface area contributed by atoms with Crippen LogP contribution in [0.25, 0.3) is 0 Å². The SMILES string of the molecule is C=C(C)C1C(C)CC(C)(CC(C)C#CN(C)C(=C)CN(CC2CC2)C(=C)CNc2cccc(CC)c2C)C1C(=C)C. The van der Waals surface area contributed by atoms with Crippen molar-refractivity contribution in [3.8, 4) is 12.0 Å². The average molecular weight is 556 g/mol. The molecule has 1 N–H and O–H groups in total. The number of benzene rings is 1. The van der Waals surface area contributed by atoms with E-state index in [1.165, 1.54) is 47.2 Å². The van der Waals surface area contributed by atoms with Gasteiger partial charge in [0.1, 0.15) is 0 Å². The number of allylic oxidation sites excluding steroid dienone is 2. The number of hydrogen-bond donors (Lipinski definition) is 1. The van der Waals surface area contributed by atoms with Crippen molar-refractivity contribution >= 4 is 5.69 Å². The Morgan fingerprint density at radius 3 is 2.39 bits per heavy atom. The zero-order valence-corrected chi connectivity index (χ0v) is 27.5. The molecule has 1 aromatic rings. The lowest BCUT2D eigenvalue weighted by molar-refractivity contribution is 0.203. The van der Waals surface area contributed by atoms with Crippen LogP contribution in [0.2, 0.25) is 0 Å². The van der Waals surface area contributed by atoms with E-state index in [4.69, 9.17) is 0 Å². The number of anilines is 1. The van der Waals surface area contributed by atoms with Gasteiger partial charge >= 0.3 is 0 Å². The highest BCUT2D eigenvalue weighted by molar-refractivity contribution is 5.54. The third-order valence-electron chi connectivity index (χ3n) is 9.64. The van der Waals surface area contributed by atoms with E-state index in [-0.39, 0.29) is 11.3 Å². The average Bonchev–Trinajstić information content (AvgIpc) is 3.67. The van der Waals surface area contributed by atoms with E-state index < -0.39 is 0 Å². The van der Waals surface area contributed by atoms with Gasteiger partial charge < -0.3 is 15.1 Å². The summed E-state index contributed by atoms with van der Waals surface area (Å²) >= 11 is 0. The molecular weight excluding hydrogens is 498 g/mol. The molecule has 224 valence electrons. The molecular formula is C38H57N3. The van der Waals surface area contributed by atoms with Gasteiger partial charge in [0.25, 0.3) is 0 Å². The van der Waals surface area contributed by atoms with Gasteiger partial charge in [0, 0.05) is 42.6 Å². The molecule has 0 aliphatic heterocycles. The van der Waals surface area contributed by atoms with Crippen LogP contribution in [0.3, 0.4) is 0 Å². The van der Waals surface area contributed by atoms with Gasteiger partial charge in [-0.05, 0) is 99.2 Å². The van der Waals surface area contributed by atoms with Crippen LogP contribution in [0.5, 0.6) is 0 Å². The maximum atomic E-state index is 4.48. The Morgan fingerprint density at radius 2 is 1.80 bits per heavy atom. The van der Waals surface area contributed by atoms with Crippen LogP contribution in [0, 0.1) is 53.9 Å². The fourth-order valence-corrected chi connectivity index (χ4v) is 7.48. The van der Waals surface area contributed by atoms with Crippen LogP contribution in [0.15, 0.2) is 67.1 Å². The van der Waals surface area contributed by atoms with E-state index in [1.807, 2.05) is 11.9 Å². The van der Waals surface area contributed by atoms with Crippen LogP contribution in [0.1, 0.15) is 78.4 Å². The van der Waals surface area contributed by atoms with E-state index in [2.05, 4.69) is 115 Å². The minimum absolute atomic E-state index is 0.194. The highest BCUT2D eigenvalue weighted by Crippen LogP contribution is 2.57. The van der Waals surface area contributed by atoms with Gasteiger partial charge in [-0.1, -0.05) is 83.2 Å². The topological polar surface area (TPSA) is 18.5 Å². The minimum atomic E-state index is 0.194. The largest absolute Gasteiger partial charge is 0.379 e. The standard InChI is InChI=1S/C38H57N3/c1-13-34-15-14-16-35(32(34)10)39-23-30(8)41(25-33-17-18-33)24-31(9)40(12)20-19-28(6)21-38(11)22-29(7)36(26(2)3)37(38)27(4)5/h14-16,28-29,33,36-37,39H,2,4,8-9,13,17-18,21-25H2,1,3,5-7,10-12H3. The molecule has 5 unspecified atom stereocenters. The zero-order chi connectivity index (χ0) is 30.5. The molecule has 2 aliphatic carbocycles. The van der Waals surface area contributed by atoms with Crippen molar-refractivity contribution in [2.45, 2.75) is 80.6 Å². The van der Waals surface area contributed by atoms with Gasteiger partial charge in [0.2, 0.25) is 0 Å². The van der Waals surface area contributed by atoms with Gasteiger partial charge in [0.05, 0.1) is 13.1 Å². The maximum absolute atomic E-state index is 4.48. The summed E-state index contributed by atoms with van der Waals surface area (Å²) in [5.74, 6) is 6.22. The molecule has 0 radical (unpaired) electrons. The van der Waals surface area contributed by atoms with Crippen molar-refractivity contribution in [1.82, 2.24) is 9.80 Å². The summed E-state index contributed by atoms with van der Waals surface area (Å²) in [6.07, 6.45) is 5.93. The summed E-state index contributed by atoms with van der Waals surface area (Å²) < 4.78 is 0. The van der Waals surface area contributed by atoms with Crippen molar-refractivity contribution in [1.29, 1.82) is 0 Å². The Hall–Kier alpha value is -2.86. The van der Waals surface area contributed by atoms with E-state index >= 15 is 0 Å². The number of likely N-dealkylation sites (N-methyl/N-ethyl adjacent to an activating group) is 1. The van der Waals surface area contributed by atoms with E-state index in [9.17, 15) is 0 Å². The number of nitrogens with one attached hydrogen (secondary N) is 1. The highest BCUT2D eigenvalue weighted by Gasteiger charge is 2.49. The third-order valence-corrected chi connectivity index (χ3v) is 9.64. The van der Waals surface area contributed by atoms with Gasteiger partial charge in [-0.3, -0.25) is 0 Å². The molecule has 3 nitrogen and oxygen atoms in total. The molecule has 0 spiro atoms. The maximum Gasteiger partial charge on any atom is 0.0579 e. The van der Waals surface area contributed by atoms with Crippen molar-refractivity contribution in [2.24, 2.45) is 35.0 Å². The Kier molecular flexibility index (Phi) is 11.0. The number of aryl methyl sites for hydroxylation is 1. The van der Waals surface area contributed by atoms with Gasteiger partial charge in [0.15, 0.2) is 0 Å². The monoisotopic (exact) mass is 555 g/mol. The molecule has 1 aromatic carbocycles. The quantitative estimate of drug-likeness (QED) is 0.140. The van der Waals surface area contributed by atoms with Crippen molar-refractivity contribution in [3.05, 3.63) is 78.2 Å². The third kappa shape index (κ3) is 8.34. The van der Waals surface area contributed by atoms with E-state index in [1.54, 1.807) is 0 Å². The summed E-state index contributed by atoms with van der Waals surface area (Å²) in [7, 11) is 2.05. The lowest BCUT2D eigenvalue weighted by atomic mass is 9.68. The Balaban J connectivity index is 1.62. The summed E-state index contributed by atoms with van der Waals surface area (Å²) in [4.78, 5) is 4.43. The van der Waals surface area contributed by atoms with Crippen molar-refractivity contribution < 1.29 is 0 Å². The second-order valence-corrected chi connectivity index (χ2v) is 13.7. The predicted octanol–water partition coefficient (Wildman–Crippen LogP) is 9.06. The molecule has 2 saturated carbocycles. The van der Waals surface area contributed by atoms with Crippen molar-refractivity contribution in [3.63, 3.8) is 0 Å². The molecule has 2 aliphatic rings. The second-order valence-electron chi connectivity index (χ2n) is 13.7. The number of hydrogen-bond acceptors (Lipinski definition) is 3. The predicted molar refractivity (Wildman–Crippen MR) is 179 cm³/mol. The van der Waals surface area contributed by atoms with Crippen LogP contribution >= 0.6 is 0 Å². The first kappa shape index (κ1) is 32.7. The lowest BCUT2D eigenvalue weighted by Crippen LogP contribution is -2.33. The first-order valence-corrected chi connectivity index (χ1v) is 15.8. The van der Waals surface area contributed by atoms with E-state index in [0.29, 0.717) is 17.8 Å². The van der Waals surface area contributed by atoms with Gasteiger partial charge in [-0.2, -0.15) is 0 Å². The first-order chi connectivity index (χ1) is 19.3. The fourth-order valence-electron chi connectivity index (χ4n) is 7.48. The highest BCUT2D eigenvalue weighted by atomic mass is 15.2. The summed E-state index contributed by atoms with van der Waals surface area (Å²) in [5.41, 5.74) is 8.81. The smallest absolute Gasteiger partial charge is 0.0579 e. The van der Waals surface area contributed by atoms with Gasteiger partial charge in [-0.15, -0.1) is 0 Å². The number of rotatable bonds is 14. The molecule has 0 saturated heterocycles. The minimum Gasteiger partial charge on any atom is -0.379 e. The van der Waals surface area contributed by atoms with E-state index in [0.717, 1.165) is 49.8 Å². The molecule has 3 heteroatoms. The number of nitrogens with zero attached hydrogens (tertiary/aromatic N) is 2. The molecule has 5 atom stereocenters. The summed E-state index contributed by atoms with van der Waals surface area (Å²) in [6, 6.07) is 9.94. The lowest BCUT2D eigenvalue weighted by Gasteiger charge is -2.36. The Morgan fingerprint density at radius 1 is 1.12 bits per heavy atom. The van der Waals surface area contributed by atoms with Crippen LogP contribution in [-0.4, -0.2) is 36.5 Å². The zero-order valence-electron chi connectivity index (χ0n) is 27.5. The molecule has 0 heterocycles. The first-order valence-electron chi connectivity index (χ1n) is 15.8. The summed E-state index contributed by atoms with van der Waals surface area (Å²) in [6.45, 7) is 36.1. The van der Waals surface area contributed by atoms with Crippen molar-refractivity contribution in [2.75, 3.05) is 32.0 Å². The molecule has 41 heavy (non-hydrogen) atoms. The fraction of sp³-hybridized carbons (Fsp3) is 0.579. The Labute approximate surface area is 252 Å². The van der Waals surface area contributed by atoms with Crippen LogP contribution < -0.4 is 5.32 Å². The summed E-state index contributed by atoms with van der Waals surface area (Å²) in [5, 5.41) is 3.64. The normalized spacial score (nSPS) is 24.1. The molecule has 3 rings (SSSR count). The van der Waals surface area contributed by atoms with Crippen LogP contribution in [0.4, 0.5) is 5.69 Å². The van der Waals surface area contributed by atoms with Gasteiger partial charge in [-0.25, -0.2) is 0 Å². The molecule has 2 fully saturated rings. The molecule has 0 amide bonds. The Bertz CT molecular complexity index is 1190. The second kappa shape index (κ2) is 13.9. The van der Waals surface area contributed by atoms with Crippen LogP contribution in [-0.2, 0) is 6.42 Å².